The highest BCUT2D eigenvalue weighted by Crippen LogP contribution is 2.31. The van der Waals surface area contributed by atoms with Crippen molar-refractivity contribution in [3.63, 3.8) is 0 Å². The fourth-order valence-corrected chi connectivity index (χ4v) is 4.02. The summed E-state index contributed by atoms with van der Waals surface area (Å²) in [5.74, 6) is 1.22. The maximum absolute atomic E-state index is 12.9. The van der Waals surface area contributed by atoms with Crippen molar-refractivity contribution in [3.05, 3.63) is 42.5 Å². The predicted octanol–water partition coefficient (Wildman–Crippen LogP) is 1.66. The third-order valence-corrected chi connectivity index (χ3v) is 5.25. The summed E-state index contributed by atoms with van der Waals surface area (Å²) >= 11 is 0. The number of benzene rings is 1. The first-order valence-corrected chi connectivity index (χ1v) is 9.26. The average Bonchev–Trinajstić information content (AvgIpc) is 2.68. The lowest BCUT2D eigenvalue weighted by atomic mass is 9.83. The summed E-state index contributed by atoms with van der Waals surface area (Å²) in [5, 5.41) is 0. The molecule has 2 unspecified atom stereocenters. The number of amides is 2. The zero-order valence-corrected chi connectivity index (χ0v) is 15.1. The molecule has 3 rings (SSSR count). The lowest BCUT2D eigenvalue weighted by Crippen LogP contribution is -2.57. The van der Waals surface area contributed by atoms with Crippen molar-refractivity contribution in [2.75, 3.05) is 32.8 Å². The number of carbonyl (C=O) groups is 2. The SMILES string of the molecule is C=CCOc1cccc(C(=O)N2CCC3C(CCC(=O)N3CCN)C2)c1. The van der Waals surface area contributed by atoms with E-state index in [-0.39, 0.29) is 17.9 Å². The second-order valence-corrected chi connectivity index (χ2v) is 6.91. The molecule has 1 aromatic rings. The van der Waals surface area contributed by atoms with E-state index >= 15 is 0 Å². The van der Waals surface area contributed by atoms with Crippen LogP contribution in [0, 0.1) is 5.92 Å². The Kier molecular flexibility index (Phi) is 5.93. The number of carbonyl (C=O) groups excluding carboxylic acids is 2. The zero-order valence-electron chi connectivity index (χ0n) is 15.1. The fraction of sp³-hybridized carbons (Fsp3) is 0.500. The fourth-order valence-electron chi connectivity index (χ4n) is 4.02. The van der Waals surface area contributed by atoms with Gasteiger partial charge in [0.05, 0.1) is 0 Å². The Hall–Kier alpha value is -2.34. The van der Waals surface area contributed by atoms with Crippen LogP contribution >= 0.6 is 0 Å². The highest BCUT2D eigenvalue weighted by atomic mass is 16.5. The molecule has 0 aliphatic carbocycles. The standard InChI is InChI=1S/C20H27N3O3/c1-2-12-26-17-5-3-4-15(13-17)20(25)22-10-8-18-16(14-22)6-7-19(24)23(18)11-9-21/h2-5,13,16,18H,1,6-12,14,21H2. The third-order valence-electron chi connectivity index (χ3n) is 5.25. The molecule has 6 heteroatoms. The topological polar surface area (TPSA) is 75.9 Å². The lowest BCUT2D eigenvalue weighted by Gasteiger charge is -2.47. The van der Waals surface area contributed by atoms with E-state index in [0.717, 1.165) is 12.8 Å². The molecule has 6 nitrogen and oxygen atoms in total. The van der Waals surface area contributed by atoms with Gasteiger partial charge in [-0.2, -0.15) is 0 Å². The first kappa shape index (κ1) is 18.5. The molecule has 0 bridgehead atoms. The van der Waals surface area contributed by atoms with Gasteiger partial charge in [0, 0.05) is 44.2 Å². The molecular weight excluding hydrogens is 330 g/mol. The molecule has 2 saturated heterocycles. The minimum atomic E-state index is 0.0229. The maximum atomic E-state index is 12.9. The number of likely N-dealkylation sites (tertiary alicyclic amines) is 2. The molecule has 2 fully saturated rings. The van der Waals surface area contributed by atoms with Crippen LogP contribution < -0.4 is 10.5 Å². The van der Waals surface area contributed by atoms with Crippen LogP contribution in [0.25, 0.3) is 0 Å². The minimum absolute atomic E-state index is 0.0229. The van der Waals surface area contributed by atoms with Crippen molar-refractivity contribution in [3.8, 4) is 5.75 Å². The molecule has 0 radical (unpaired) electrons. The summed E-state index contributed by atoms with van der Waals surface area (Å²) in [6, 6.07) is 7.49. The number of nitrogens with two attached hydrogens (primary N) is 1. The quantitative estimate of drug-likeness (QED) is 0.786. The van der Waals surface area contributed by atoms with Crippen LogP contribution in [0.1, 0.15) is 29.6 Å². The average molecular weight is 357 g/mol. The molecule has 2 aliphatic heterocycles. The van der Waals surface area contributed by atoms with Crippen LogP contribution in [0.2, 0.25) is 0 Å². The Morgan fingerprint density at radius 3 is 3.00 bits per heavy atom. The number of rotatable bonds is 6. The van der Waals surface area contributed by atoms with Gasteiger partial charge in [0.15, 0.2) is 0 Å². The second kappa shape index (κ2) is 8.36. The minimum Gasteiger partial charge on any atom is -0.490 e. The van der Waals surface area contributed by atoms with Crippen molar-refractivity contribution in [2.45, 2.75) is 25.3 Å². The van der Waals surface area contributed by atoms with Gasteiger partial charge in [-0.1, -0.05) is 18.7 Å². The van der Waals surface area contributed by atoms with E-state index in [1.165, 1.54) is 0 Å². The molecule has 2 atom stereocenters. The Balaban J connectivity index is 1.67. The molecule has 0 spiro atoms. The normalized spacial score (nSPS) is 22.7. The third kappa shape index (κ3) is 3.90. The van der Waals surface area contributed by atoms with Gasteiger partial charge in [0.2, 0.25) is 5.91 Å². The number of piperidine rings is 2. The van der Waals surface area contributed by atoms with E-state index in [4.69, 9.17) is 10.5 Å². The molecular formula is C20H27N3O3. The van der Waals surface area contributed by atoms with Crippen LogP contribution in [-0.4, -0.2) is 60.4 Å². The van der Waals surface area contributed by atoms with Crippen LogP contribution in [-0.2, 0) is 4.79 Å². The summed E-state index contributed by atoms with van der Waals surface area (Å²) in [6.07, 6.45) is 3.89. The van der Waals surface area contributed by atoms with E-state index in [9.17, 15) is 9.59 Å². The van der Waals surface area contributed by atoms with Gasteiger partial charge in [0.25, 0.3) is 5.91 Å². The van der Waals surface area contributed by atoms with Crippen LogP contribution in [0.5, 0.6) is 5.75 Å². The Morgan fingerprint density at radius 2 is 2.23 bits per heavy atom. The van der Waals surface area contributed by atoms with Gasteiger partial charge in [-0.3, -0.25) is 9.59 Å². The maximum Gasteiger partial charge on any atom is 0.253 e. The first-order valence-electron chi connectivity index (χ1n) is 9.26. The molecule has 26 heavy (non-hydrogen) atoms. The van der Waals surface area contributed by atoms with E-state index in [0.29, 0.717) is 56.4 Å². The predicted molar refractivity (Wildman–Crippen MR) is 99.9 cm³/mol. The molecule has 0 saturated carbocycles. The van der Waals surface area contributed by atoms with Gasteiger partial charge in [-0.25, -0.2) is 0 Å². The van der Waals surface area contributed by atoms with E-state index in [1.807, 2.05) is 28.0 Å². The van der Waals surface area contributed by atoms with Crippen LogP contribution in [0.3, 0.4) is 0 Å². The highest BCUT2D eigenvalue weighted by Gasteiger charge is 2.40. The monoisotopic (exact) mass is 357 g/mol. The van der Waals surface area contributed by atoms with Gasteiger partial charge in [0.1, 0.15) is 12.4 Å². The number of fused-ring (bicyclic) bond motifs is 1. The van der Waals surface area contributed by atoms with Gasteiger partial charge >= 0.3 is 0 Å². The van der Waals surface area contributed by atoms with E-state index < -0.39 is 0 Å². The van der Waals surface area contributed by atoms with Crippen molar-refractivity contribution in [1.29, 1.82) is 0 Å². The van der Waals surface area contributed by atoms with Gasteiger partial charge in [-0.05, 0) is 37.0 Å². The number of hydrogen-bond donors (Lipinski definition) is 1. The molecule has 1 aromatic carbocycles. The summed E-state index contributed by atoms with van der Waals surface area (Å²) in [5.41, 5.74) is 6.30. The highest BCUT2D eigenvalue weighted by molar-refractivity contribution is 5.94. The van der Waals surface area contributed by atoms with E-state index in [1.54, 1.807) is 12.1 Å². The van der Waals surface area contributed by atoms with Crippen molar-refractivity contribution in [2.24, 2.45) is 11.7 Å². The number of ether oxygens (including phenoxy) is 1. The largest absolute Gasteiger partial charge is 0.490 e. The number of hydrogen-bond acceptors (Lipinski definition) is 4. The molecule has 2 N–H and O–H groups in total. The summed E-state index contributed by atoms with van der Waals surface area (Å²) in [4.78, 5) is 28.9. The molecule has 0 aromatic heterocycles. The van der Waals surface area contributed by atoms with Gasteiger partial charge < -0.3 is 20.3 Å². The Bertz CT molecular complexity index is 676. The first-order chi connectivity index (χ1) is 12.6. The summed E-state index contributed by atoms with van der Waals surface area (Å²) in [7, 11) is 0. The van der Waals surface area contributed by atoms with Crippen LogP contribution in [0.4, 0.5) is 0 Å². The van der Waals surface area contributed by atoms with Crippen LogP contribution in [0.15, 0.2) is 36.9 Å². The summed E-state index contributed by atoms with van der Waals surface area (Å²) in [6.45, 7) is 6.48. The Labute approximate surface area is 154 Å². The van der Waals surface area contributed by atoms with E-state index in [2.05, 4.69) is 6.58 Å². The Morgan fingerprint density at radius 1 is 1.38 bits per heavy atom. The molecule has 140 valence electrons. The number of nitrogens with zero attached hydrogens (tertiary/aromatic N) is 2. The smallest absolute Gasteiger partial charge is 0.253 e. The van der Waals surface area contributed by atoms with Crippen molar-refractivity contribution in [1.82, 2.24) is 9.80 Å². The molecule has 2 aliphatic rings. The molecule has 2 heterocycles. The van der Waals surface area contributed by atoms with Gasteiger partial charge in [-0.15, -0.1) is 0 Å². The zero-order chi connectivity index (χ0) is 18.5. The lowest BCUT2D eigenvalue weighted by molar-refractivity contribution is -0.140. The second-order valence-electron chi connectivity index (χ2n) is 6.91. The van der Waals surface area contributed by atoms with Crippen molar-refractivity contribution < 1.29 is 14.3 Å². The summed E-state index contributed by atoms with van der Waals surface area (Å²) < 4.78 is 5.53. The van der Waals surface area contributed by atoms with Crippen molar-refractivity contribution >= 4 is 11.8 Å². The molecule has 2 amide bonds.